The minimum atomic E-state index is -0.0122. The lowest BCUT2D eigenvalue weighted by atomic mass is 9.84. The van der Waals surface area contributed by atoms with E-state index in [9.17, 15) is 4.79 Å². The van der Waals surface area contributed by atoms with Gasteiger partial charge >= 0.3 is 0 Å². The van der Waals surface area contributed by atoms with Crippen molar-refractivity contribution >= 4 is 5.91 Å². The Balaban J connectivity index is 1.74. The van der Waals surface area contributed by atoms with Gasteiger partial charge in [0.25, 0.3) is 0 Å². The highest BCUT2D eigenvalue weighted by Crippen LogP contribution is 2.37. The molecule has 1 amide bonds. The third-order valence-corrected chi connectivity index (χ3v) is 4.90. The third kappa shape index (κ3) is 4.01. The summed E-state index contributed by atoms with van der Waals surface area (Å²) in [4.78, 5) is 12.9. The minimum Gasteiger partial charge on any atom is -0.351 e. The van der Waals surface area contributed by atoms with E-state index in [-0.39, 0.29) is 11.8 Å². The van der Waals surface area contributed by atoms with Crippen molar-refractivity contribution in [1.82, 2.24) is 5.32 Å². The van der Waals surface area contributed by atoms with E-state index in [0.29, 0.717) is 12.5 Å². The van der Waals surface area contributed by atoms with Gasteiger partial charge in [-0.3, -0.25) is 4.79 Å². The van der Waals surface area contributed by atoms with Crippen molar-refractivity contribution < 1.29 is 4.79 Å². The first-order chi connectivity index (χ1) is 11.2. The molecule has 2 aromatic carbocycles. The number of amides is 1. The first kappa shape index (κ1) is 15.8. The van der Waals surface area contributed by atoms with Crippen molar-refractivity contribution in [2.45, 2.75) is 45.1 Å². The summed E-state index contributed by atoms with van der Waals surface area (Å²) >= 11 is 0. The van der Waals surface area contributed by atoms with Crippen molar-refractivity contribution in [1.29, 1.82) is 0 Å². The van der Waals surface area contributed by atoms with Crippen LogP contribution in [0.3, 0.4) is 0 Å². The lowest BCUT2D eigenvalue weighted by Gasteiger charge is -2.23. The molecular formula is C21H25NO. The largest absolute Gasteiger partial charge is 0.351 e. The molecular weight excluding hydrogens is 282 g/mol. The van der Waals surface area contributed by atoms with Gasteiger partial charge in [-0.2, -0.15) is 0 Å². The molecule has 0 aromatic heterocycles. The fourth-order valence-electron chi connectivity index (χ4n) is 3.60. The van der Waals surface area contributed by atoms with Crippen LogP contribution in [0, 0.1) is 12.8 Å². The van der Waals surface area contributed by atoms with Crippen LogP contribution in [-0.2, 0) is 11.3 Å². The van der Waals surface area contributed by atoms with Crippen molar-refractivity contribution in [3.8, 4) is 0 Å². The zero-order chi connectivity index (χ0) is 16.1. The number of hydrogen-bond acceptors (Lipinski definition) is 1. The van der Waals surface area contributed by atoms with Crippen molar-refractivity contribution in [3.05, 3.63) is 71.3 Å². The lowest BCUT2D eigenvalue weighted by Crippen LogP contribution is -2.32. The highest BCUT2D eigenvalue weighted by atomic mass is 16.1. The Kier molecular flexibility index (Phi) is 5.12. The second kappa shape index (κ2) is 7.45. The Labute approximate surface area is 138 Å². The zero-order valence-corrected chi connectivity index (χ0v) is 13.8. The molecule has 2 heteroatoms. The summed E-state index contributed by atoms with van der Waals surface area (Å²) in [6.07, 6.45) is 4.83. The van der Waals surface area contributed by atoms with Gasteiger partial charge in [-0.1, -0.05) is 73.0 Å². The molecule has 2 aromatic rings. The number of carbonyl (C=O) groups excluding carboxylic acids is 1. The average molecular weight is 307 g/mol. The second-order valence-electron chi connectivity index (χ2n) is 6.64. The van der Waals surface area contributed by atoms with Gasteiger partial charge in [0.05, 0.1) is 5.92 Å². The molecule has 0 aliphatic heterocycles. The molecule has 0 saturated heterocycles. The van der Waals surface area contributed by atoms with E-state index in [1.54, 1.807) is 0 Å². The van der Waals surface area contributed by atoms with E-state index < -0.39 is 0 Å². The molecule has 1 atom stereocenters. The summed E-state index contributed by atoms with van der Waals surface area (Å²) < 4.78 is 0. The monoisotopic (exact) mass is 307 g/mol. The van der Waals surface area contributed by atoms with Crippen LogP contribution < -0.4 is 5.32 Å². The van der Waals surface area contributed by atoms with Gasteiger partial charge in [-0.15, -0.1) is 0 Å². The molecule has 1 N–H and O–H groups in total. The van der Waals surface area contributed by atoms with Crippen molar-refractivity contribution in [3.63, 3.8) is 0 Å². The Morgan fingerprint density at radius 2 is 1.70 bits per heavy atom. The van der Waals surface area contributed by atoms with E-state index in [1.807, 2.05) is 18.2 Å². The Morgan fingerprint density at radius 1 is 1.04 bits per heavy atom. The fourth-order valence-corrected chi connectivity index (χ4v) is 3.60. The maximum absolute atomic E-state index is 12.9. The van der Waals surface area contributed by atoms with Gasteiger partial charge in [0.15, 0.2) is 0 Å². The molecule has 1 aliphatic rings. The van der Waals surface area contributed by atoms with Crippen molar-refractivity contribution in [2.75, 3.05) is 0 Å². The van der Waals surface area contributed by atoms with E-state index in [4.69, 9.17) is 0 Å². The van der Waals surface area contributed by atoms with Crippen molar-refractivity contribution in [2.24, 2.45) is 5.92 Å². The predicted octanol–water partition coefficient (Wildman–Crippen LogP) is 4.59. The highest BCUT2D eigenvalue weighted by molar-refractivity contribution is 5.84. The smallest absolute Gasteiger partial charge is 0.228 e. The molecule has 120 valence electrons. The van der Waals surface area contributed by atoms with Crippen LogP contribution in [0.15, 0.2) is 54.6 Å². The van der Waals surface area contributed by atoms with Crippen LogP contribution in [0.25, 0.3) is 0 Å². The first-order valence-corrected chi connectivity index (χ1v) is 8.62. The van der Waals surface area contributed by atoms with E-state index in [2.05, 4.69) is 48.6 Å². The quantitative estimate of drug-likeness (QED) is 0.860. The number of hydrogen-bond donors (Lipinski definition) is 1. The molecule has 0 heterocycles. The SMILES string of the molecule is Cc1ccc(C(C(=O)NCc2ccccc2)C2CCCC2)cc1. The van der Waals surface area contributed by atoms with Crippen LogP contribution in [0.4, 0.5) is 0 Å². The topological polar surface area (TPSA) is 29.1 Å². The Bertz CT molecular complexity index is 627. The first-order valence-electron chi connectivity index (χ1n) is 8.62. The van der Waals surface area contributed by atoms with E-state index >= 15 is 0 Å². The van der Waals surface area contributed by atoms with Gasteiger partial charge in [-0.25, -0.2) is 0 Å². The fraction of sp³-hybridized carbons (Fsp3) is 0.381. The summed E-state index contributed by atoms with van der Waals surface area (Å²) in [6, 6.07) is 18.6. The maximum atomic E-state index is 12.9. The van der Waals surface area contributed by atoms with Gasteiger partial charge in [0, 0.05) is 6.54 Å². The normalized spacial score (nSPS) is 16.2. The number of nitrogens with one attached hydrogen (secondary N) is 1. The predicted molar refractivity (Wildman–Crippen MR) is 94.2 cm³/mol. The number of carbonyl (C=O) groups is 1. The van der Waals surface area contributed by atoms with E-state index in [1.165, 1.54) is 18.4 Å². The molecule has 23 heavy (non-hydrogen) atoms. The van der Waals surface area contributed by atoms with Crippen LogP contribution in [0.5, 0.6) is 0 Å². The van der Waals surface area contributed by atoms with Crippen LogP contribution in [0.1, 0.15) is 48.3 Å². The van der Waals surface area contributed by atoms with Gasteiger partial charge < -0.3 is 5.32 Å². The summed E-state index contributed by atoms with van der Waals surface area (Å²) in [6.45, 7) is 2.69. The zero-order valence-electron chi connectivity index (χ0n) is 13.8. The molecule has 3 rings (SSSR count). The molecule has 1 fully saturated rings. The van der Waals surface area contributed by atoms with Crippen LogP contribution in [-0.4, -0.2) is 5.91 Å². The third-order valence-electron chi connectivity index (χ3n) is 4.90. The molecule has 2 nitrogen and oxygen atoms in total. The Hall–Kier alpha value is -2.09. The van der Waals surface area contributed by atoms with Crippen LogP contribution in [0.2, 0.25) is 0 Å². The summed E-state index contributed by atoms with van der Waals surface area (Å²) in [7, 11) is 0. The number of benzene rings is 2. The summed E-state index contributed by atoms with van der Waals surface area (Å²) in [5.41, 5.74) is 3.55. The van der Waals surface area contributed by atoms with Gasteiger partial charge in [0.2, 0.25) is 5.91 Å². The summed E-state index contributed by atoms with van der Waals surface area (Å²) in [5.74, 6) is 0.639. The number of aryl methyl sites for hydroxylation is 1. The summed E-state index contributed by atoms with van der Waals surface area (Å²) in [5, 5.41) is 3.15. The highest BCUT2D eigenvalue weighted by Gasteiger charge is 2.31. The number of rotatable bonds is 5. The van der Waals surface area contributed by atoms with Crippen LogP contribution >= 0.6 is 0 Å². The van der Waals surface area contributed by atoms with Gasteiger partial charge in [0.1, 0.15) is 0 Å². The standard InChI is InChI=1S/C21H25NO/c1-16-11-13-19(14-12-16)20(18-9-5-6-10-18)21(23)22-15-17-7-3-2-4-8-17/h2-4,7-8,11-14,18,20H,5-6,9-10,15H2,1H3,(H,22,23). The van der Waals surface area contributed by atoms with Gasteiger partial charge in [-0.05, 0) is 36.8 Å². The minimum absolute atomic E-state index is 0.0122. The molecule has 1 aliphatic carbocycles. The Morgan fingerprint density at radius 3 is 2.35 bits per heavy atom. The van der Waals surface area contributed by atoms with E-state index in [0.717, 1.165) is 24.0 Å². The average Bonchev–Trinajstić information content (AvgIpc) is 3.10. The maximum Gasteiger partial charge on any atom is 0.228 e. The molecule has 1 unspecified atom stereocenters. The molecule has 1 saturated carbocycles. The molecule has 0 radical (unpaired) electrons. The second-order valence-corrected chi connectivity index (χ2v) is 6.64. The molecule has 0 spiro atoms. The lowest BCUT2D eigenvalue weighted by molar-refractivity contribution is -0.123. The molecule has 0 bridgehead atoms.